The van der Waals surface area contributed by atoms with Crippen molar-refractivity contribution in [3.05, 3.63) is 0 Å². The van der Waals surface area contributed by atoms with Crippen LogP contribution in [0.3, 0.4) is 0 Å². The molecule has 3 unspecified atom stereocenters. The minimum atomic E-state index is 1.06. The van der Waals surface area contributed by atoms with Gasteiger partial charge in [-0.2, -0.15) is 0 Å². The summed E-state index contributed by atoms with van der Waals surface area (Å²) >= 11 is 0. The third kappa shape index (κ3) is 1.35. The maximum Gasteiger partial charge on any atom is 0.105 e. The molecule has 0 saturated heterocycles. The zero-order valence-electron chi connectivity index (χ0n) is 8.84. The molecule has 3 fully saturated rings. The summed E-state index contributed by atoms with van der Waals surface area (Å²) in [5.41, 5.74) is 0. The molecule has 0 nitrogen and oxygen atoms in total. The number of fused-ring (bicyclic) bond motifs is 3. The average molecular weight is 176 g/mol. The van der Waals surface area contributed by atoms with Crippen LogP contribution in [0.4, 0.5) is 0 Å². The molecule has 0 radical (unpaired) electrons. The van der Waals surface area contributed by atoms with E-state index < -0.39 is 0 Å². The average Bonchev–Trinajstić information content (AvgIpc) is 2.80. The van der Waals surface area contributed by atoms with Crippen LogP contribution in [0, 0.1) is 23.7 Å². The van der Waals surface area contributed by atoms with Crippen LogP contribution in [-0.4, -0.2) is 7.85 Å². The molecule has 0 aromatic carbocycles. The Morgan fingerprint density at radius 1 is 0.769 bits per heavy atom. The van der Waals surface area contributed by atoms with Gasteiger partial charge in [-0.1, -0.05) is 31.5 Å². The minimum Gasteiger partial charge on any atom is -0.0667 e. The summed E-state index contributed by atoms with van der Waals surface area (Å²) in [5.74, 6) is 5.76. The van der Waals surface area contributed by atoms with E-state index in [1.807, 2.05) is 0 Å². The van der Waals surface area contributed by atoms with Gasteiger partial charge in [-0.15, -0.1) is 0 Å². The highest BCUT2D eigenvalue weighted by molar-refractivity contribution is 6.12. The Morgan fingerprint density at radius 2 is 1.62 bits per heavy atom. The van der Waals surface area contributed by atoms with E-state index in [9.17, 15) is 0 Å². The Balaban J connectivity index is 1.70. The smallest absolute Gasteiger partial charge is 0.0667 e. The lowest BCUT2D eigenvalue weighted by atomic mass is 9.68. The summed E-state index contributed by atoms with van der Waals surface area (Å²) < 4.78 is 0. The Bertz CT molecular complexity index is 201. The van der Waals surface area contributed by atoms with E-state index in [0.717, 1.165) is 11.7 Å². The highest BCUT2D eigenvalue weighted by Crippen LogP contribution is 2.60. The first kappa shape index (κ1) is 8.38. The summed E-state index contributed by atoms with van der Waals surface area (Å²) in [7, 11) is 2.50. The van der Waals surface area contributed by atoms with Gasteiger partial charge in [0.15, 0.2) is 0 Å². The van der Waals surface area contributed by atoms with Crippen LogP contribution in [0.25, 0.3) is 0 Å². The van der Waals surface area contributed by atoms with E-state index in [2.05, 4.69) is 7.85 Å². The highest BCUT2D eigenvalue weighted by Gasteiger charge is 2.50. The summed E-state index contributed by atoms with van der Waals surface area (Å²) in [6, 6.07) is 0. The summed E-state index contributed by atoms with van der Waals surface area (Å²) in [6.45, 7) is 0. The second kappa shape index (κ2) is 3.03. The molecule has 0 spiro atoms. The van der Waals surface area contributed by atoms with Crippen LogP contribution in [0.2, 0.25) is 5.82 Å². The zero-order valence-corrected chi connectivity index (χ0v) is 8.84. The summed E-state index contributed by atoms with van der Waals surface area (Å²) in [5, 5.41) is 0. The van der Waals surface area contributed by atoms with Gasteiger partial charge in [0.25, 0.3) is 0 Å². The first-order chi connectivity index (χ1) is 6.36. The second-order valence-corrected chi connectivity index (χ2v) is 5.83. The first-order valence-corrected chi connectivity index (χ1v) is 6.36. The van der Waals surface area contributed by atoms with Crippen LogP contribution in [0.15, 0.2) is 0 Å². The predicted octanol–water partition coefficient (Wildman–Crippen LogP) is 2.64. The quantitative estimate of drug-likeness (QED) is 0.497. The lowest BCUT2D eigenvalue weighted by Crippen LogP contribution is -2.28. The molecule has 5 atom stereocenters. The van der Waals surface area contributed by atoms with Crippen LogP contribution >= 0.6 is 0 Å². The van der Waals surface area contributed by atoms with Gasteiger partial charge < -0.3 is 0 Å². The Kier molecular flexibility index (Phi) is 1.96. The standard InChI is InChI=1S/C12H21B/c13-12-4-2-1-3-8-5-6-9(8)10-7-11(10)12/h8-12H,1-7,13H2/t8?,9-,10?,11-,12?/m1/s1. The molecule has 3 aliphatic carbocycles. The van der Waals surface area contributed by atoms with Crippen LogP contribution in [0.1, 0.15) is 44.9 Å². The fourth-order valence-corrected chi connectivity index (χ4v) is 3.99. The molecule has 3 aliphatic rings. The molecule has 3 rings (SSSR count). The zero-order chi connectivity index (χ0) is 8.84. The molecule has 0 aromatic heterocycles. The molecule has 0 aromatic rings. The van der Waals surface area contributed by atoms with E-state index in [1.165, 1.54) is 37.0 Å². The maximum atomic E-state index is 2.50. The largest absolute Gasteiger partial charge is 0.105 e. The summed E-state index contributed by atoms with van der Waals surface area (Å²) in [4.78, 5) is 0. The summed E-state index contributed by atoms with van der Waals surface area (Å²) in [6.07, 6.45) is 10.9. The van der Waals surface area contributed by atoms with Gasteiger partial charge in [0.1, 0.15) is 7.85 Å². The second-order valence-electron chi connectivity index (χ2n) is 5.83. The molecule has 0 heterocycles. The van der Waals surface area contributed by atoms with Crippen LogP contribution in [0.5, 0.6) is 0 Å². The van der Waals surface area contributed by atoms with Crippen molar-refractivity contribution in [2.45, 2.75) is 50.8 Å². The van der Waals surface area contributed by atoms with Crippen molar-refractivity contribution in [1.29, 1.82) is 0 Å². The van der Waals surface area contributed by atoms with Gasteiger partial charge in [0.05, 0.1) is 0 Å². The van der Waals surface area contributed by atoms with Gasteiger partial charge in [0, 0.05) is 0 Å². The van der Waals surface area contributed by atoms with Crippen molar-refractivity contribution in [3.8, 4) is 0 Å². The Labute approximate surface area is 82.9 Å². The van der Waals surface area contributed by atoms with E-state index >= 15 is 0 Å². The van der Waals surface area contributed by atoms with E-state index in [4.69, 9.17) is 0 Å². The molecular formula is C12H21B. The van der Waals surface area contributed by atoms with Crippen molar-refractivity contribution in [2.75, 3.05) is 0 Å². The van der Waals surface area contributed by atoms with Gasteiger partial charge in [-0.05, 0) is 42.9 Å². The van der Waals surface area contributed by atoms with E-state index in [-0.39, 0.29) is 0 Å². The van der Waals surface area contributed by atoms with Crippen molar-refractivity contribution >= 4 is 7.85 Å². The molecule has 0 bridgehead atoms. The van der Waals surface area contributed by atoms with E-state index in [1.54, 1.807) is 25.7 Å². The normalized spacial score (nSPS) is 54.6. The van der Waals surface area contributed by atoms with E-state index in [0.29, 0.717) is 0 Å². The van der Waals surface area contributed by atoms with Crippen molar-refractivity contribution < 1.29 is 0 Å². The highest BCUT2D eigenvalue weighted by atomic mass is 14.5. The number of hydrogen-bond donors (Lipinski definition) is 0. The Hall–Kier alpha value is 0.0649. The van der Waals surface area contributed by atoms with Crippen molar-refractivity contribution in [3.63, 3.8) is 0 Å². The van der Waals surface area contributed by atoms with Crippen molar-refractivity contribution in [1.82, 2.24) is 0 Å². The first-order valence-electron chi connectivity index (χ1n) is 6.36. The lowest BCUT2D eigenvalue weighted by Gasteiger charge is -2.37. The molecule has 0 aliphatic heterocycles. The third-order valence-corrected chi connectivity index (χ3v) is 5.13. The fourth-order valence-electron chi connectivity index (χ4n) is 3.99. The van der Waals surface area contributed by atoms with Crippen LogP contribution < -0.4 is 0 Å². The van der Waals surface area contributed by atoms with Gasteiger partial charge in [0.2, 0.25) is 0 Å². The van der Waals surface area contributed by atoms with Crippen LogP contribution in [-0.2, 0) is 0 Å². The number of hydrogen-bond acceptors (Lipinski definition) is 0. The predicted molar refractivity (Wildman–Crippen MR) is 58.6 cm³/mol. The third-order valence-electron chi connectivity index (χ3n) is 5.13. The monoisotopic (exact) mass is 176 g/mol. The molecular weight excluding hydrogens is 155 g/mol. The Morgan fingerprint density at radius 3 is 2.38 bits per heavy atom. The maximum absolute atomic E-state index is 2.50. The fraction of sp³-hybridized carbons (Fsp3) is 1.00. The molecule has 72 valence electrons. The topological polar surface area (TPSA) is 0 Å². The molecule has 13 heavy (non-hydrogen) atoms. The molecule has 3 saturated carbocycles. The molecule has 0 amide bonds. The molecule has 0 N–H and O–H groups in total. The number of rotatable bonds is 0. The van der Waals surface area contributed by atoms with Crippen molar-refractivity contribution in [2.24, 2.45) is 23.7 Å². The minimum absolute atomic E-state index is 1.06. The SMILES string of the molecule is BC1CCCCC2CC[C@H]2C2C[C@@H]12. The molecule has 1 heteroatoms. The lowest BCUT2D eigenvalue weighted by molar-refractivity contribution is 0.133. The van der Waals surface area contributed by atoms with Gasteiger partial charge >= 0.3 is 0 Å². The van der Waals surface area contributed by atoms with Gasteiger partial charge in [-0.25, -0.2) is 0 Å². The van der Waals surface area contributed by atoms with Gasteiger partial charge in [-0.3, -0.25) is 0 Å².